The molecule has 110 valence electrons. The van der Waals surface area contributed by atoms with Gasteiger partial charge in [0.1, 0.15) is 11.0 Å². The molecule has 2 heterocycles. The molecule has 0 aliphatic rings. The van der Waals surface area contributed by atoms with E-state index >= 15 is 0 Å². The average Bonchev–Trinajstić information content (AvgIpc) is 3.11. The van der Waals surface area contributed by atoms with Crippen LogP contribution in [0.15, 0.2) is 24.3 Å². The second-order valence-corrected chi connectivity index (χ2v) is 4.69. The van der Waals surface area contributed by atoms with Gasteiger partial charge in [-0.15, -0.1) is 0 Å². The van der Waals surface area contributed by atoms with Crippen molar-refractivity contribution in [3.05, 3.63) is 47.5 Å². The summed E-state index contributed by atoms with van der Waals surface area (Å²) in [6.07, 6.45) is 0. The zero-order chi connectivity index (χ0) is 15.4. The van der Waals surface area contributed by atoms with Crippen LogP contribution < -0.4 is 0 Å². The van der Waals surface area contributed by atoms with Crippen molar-refractivity contribution in [3.8, 4) is 11.6 Å². The van der Waals surface area contributed by atoms with Crippen LogP contribution in [0.2, 0.25) is 0 Å². The van der Waals surface area contributed by atoms with Crippen molar-refractivity contribution in [2.75, 3.05) is 0 Å². The lowest BCUT2D eigenvalue weighted by molar-refractivity contribution is 0.515. The maximum atomic E-state index is 13.7. The summed E-state index contributed by atoms with van der Waals surface area (Å²) >= 11 is 0. The Bertz CT molecular complexity index is 950. The highest BCUT2D eigenvalue weighted by atomic mass is 19.2. The minimum Gasteiger partial charge on any atom is -0.335 e. The van der Waals surface area contributed by atoms with Gasteiger partial charge in [0, 0.05) is 0 Å². The van der Waals surface area contributed by atoms with Gasteiger partial charge in [-0.2, -0.15) is 0 Å². The minimum absolute atomic E-state index is 0.0931. The molecule has 0 atom stereocenters. The van der Waals surface area contributed by atoms with Crippen LogP contribution in [0.25, 0.3) is 33.7 Å². The fraction of sp³-hybridized carbons (Fsp3) is 0. The normalized spacial score (nSPS) is 11.6. The Hall–Kier alpha value is -2.90. The van der Waals surface area contributed by atoms with Crippen molar-refractivity contribution in [2.45, 2.75) is 0 Å². The molecule has 2 aromatic heterocycles. The standard InChI is InChI=1S/C14H6F4N4/c15-5-1-3-7-11(9(5)17)21-13(19-7)14-20-8-4-2-6(16)10(18)12(8)22-14/h1-4H,(H,19,21)(H,20,22). The summed E-state index contributed by atoms with van der Waals surface area (Å²) in [5.74, 6) is -4.04. The second-order valence-electron chi connectivity index (χ2n) is 4.69. The molecule has 2 N–H and O–H groups in total. The Morgan fingerprint density at radius 2 is 1.05 bits per heavy atom. The summed E-state index contributed by atoms with van der Waals surface area (Å²) in [6, 6.07) is 4.58. The molecule has 4 nitrogen and oxygen atoms in total. The molecule has 0 bridgehead atoms. The number of benzene rings is 2. The van der Waals surface area contributed by atoms with E-state index in [1.165, 1.54) is 12.1 Å². The van der Waals surface area contributed by atoms with E-state index in [0.717, 1.165) is 12.1 Å². The molecular formula is C14H6F4N4. The number of H-pyrrole nitrogens is 2. The van der Waals surface area contributed by atoms with E-state index in [9.17, 15) is 17.6 Å². The Kier molecular flexibility index (Phi) is 2.50. The Morgan fingerprint density at radius 3 is 1.45 bits per heavy atom. The number of nitrogens with zero attached hydrogens (tertiary/aromatic N) is 2. The lowest BCUT2D eigenvalue weighted by atomic mass is 10.3. The maximum absolute atomic E-state index is 13.7. The third kappa shape index (κ3) is 1.70. The topological polar surface area (TPSA) is 57.4 Å². The van der Waals surface area contributed by atoms with Crippen LogP contribution in [0, 0.1) is 23.3 Å². The highest BCUT2D eigenvalue weighted by Crippen LogP contribution is 2.25. The average molecular weight is 306 g/mol. The summed E-state index contributed by atoms with van der Waals surface area (Å²) < 4.78 is 53.7. The van der Waals surface area contributed by atoms with Gasteiger partial charge in [-0.25, -0.2) is 27.5 Å². The quantitative estimate of drug-likeness (QED) is 0.527. The van der Waals surface area contributed by atoms with Crippen LogP contribution in [-0.4, -0.2) is 19.9 Å². The zero-order valence-corrected chi connectivity index (χ0v) is 10.7. The van der Waals surface area contributed by atoms with Crippen molar-refractivity contribution in [2.24, 2.45) is 0 Å². The van der Waals surface area contributed by atoms with Crippen molar-refractivity contribution >= 4 is 22.1 Å². The molecule has 0 aliphatic carbocycles. The van der Waals surface area contributed by atoms with Crippen LogP contribution in [0.3, 0.4) is 0 Å². The third-order valence-electron chi connectivity index (χ3n) is 3.32. The smallest absolute Gasteiger partial charge is 0.186 e. The summed E-state index contributed by atoms with van der Waals surface area (Å²) in [7, 11) is 0. The molecule has 4 aromatic rings. The van der Waals surface area contributed by atoms with E-state index in [1.807, 2.05) is 0 Å². The van der Waals surface area contributed by atoms with Gasteiger partial charge in [0.05, 0.1) is 11.0 Å². The van der Waals surface area contributed by atoms with Gasteiger partial charge in [0.25, 0.3) is 0 Å². The number of imidazole rings is 2. The van der Waals surface area contributed by atoms with Gasteiger partial charge in [-0.05, 0) is 24.3 Å². The zero-order valence-electron chi connectivity index (χ0n) is 10.7. The highest BCUT2D eigenvalue weighted by Gasteiger charge is 2.17. The fourth-order valence-corrected chi connectivity index (χ4v) is 2.26. The first-order valence-corrected chi connectivity index (χ1v) is 6.22. The summed E-state index contributed by atoms with van der Waals surface area (Å²) in [4.78, 5) is 13.3. The molecule has 0 spiro atoms. The summed E-state index contributed by atoms with van der Waals surface area (Å²) in [5.41, 5.74) is 0.145. The number of aromatic nitrogens is 4. The number of nitrogens with one attached hydrogen (secondary N) is 2. The van der Waals surface area contributed by atoms with Gasteiger partial charge < -0.3 is 9.97 Å². The first-order chi connectivity index (χ1) is 10.5. The van der Waals surface area contributed by atoms with Crippen LogP contribution in [-0.2, 0) is 0 Å². The van der Waals surface area contributed by atoms with Crippen LogP contribution in [0.1, 0.15) is 0 Å². The van der Waals surface area contributed by atoms with E-state index in [0.29, 0.717) is 0 Å². The molecule has 4 rings (SSSR count). The first-order valence-electron chi connectivity index (χ1n) is 6.22. The van der Waals surface area contributed by atoms with Crippen LogP contribution in [0.5, 0.6) is 0 Å². The molecule has 0 fully saturated rings. The monoisotopic (exact) mass is 306 g/mol. The molecule has 0 aliphatic heterocycles. The van der Waals surface area contributed by atoms with E-state index in [-0.39, 0.29) is 33.7 Å². The van der Waals surface area contributed by atoms with Crippen molar-refractivity contribution in [3.63, 3.8) is 0 Å². The van der Waals surface area contributed by atoms with E-state index in [2.05, 4.69) is 19.9 Å². The summed E-state index contributed by atoms with van der Waals surface area (Å²) in [5, 5.41) is 0. The molecule has 0 radical (unpaired) electrons. The Morgan fingerprint density at radius 1 is 0.636 bits per heavy atom. The van der Waals surface area contributed by atoms with Crippen LogP contribution in [0.4, 0.5) is 17.6 Å². The van der Waals surface area contributed by atoms with Crippen molar-refractivity contribution in [1.82, 2.24) is 19.9 Å². The number of halogens is 4. The third-order valence-corrected chi connectivity index (χ3v) is 3.32. The molecule has 2 aromatic carbocycles. The van der Waals surface area contributed by atoms with Crippen molar-refractivity contribution < 1.29 is 17.6 Å². The highest BCUT2D eigenvalue weighted by molar-refractivity contribution is 5.82. The number of hydrogen-bond donors (Lipinski definition) is 2. The molecule has 0 unspecified atom stereocenters. The van der Waals surface area contributed by atoms with Gasteiger partial charge in [-0.1, -0.05) is 0 Å². The molecule has 0 amide bonds. The minimum atomic E-state index is -1.09. The number of rotatable bonds is 1. The first kappa shape index (κ1) is 12.8. The maximum Gasteiger partial charge on any atom is 0.186 e. The summed E-state index contributed by atoms with van der Waals surface area (Å²) in [6.45, 7) is 0. The lowest BCUT2D eigenvalue weighted by Gasteiger charge is -1.91. The molecule has 22 heavy (non-hydrogen) atoms. The SMILES string of the molecule is Fc1ccc2[nH]c(-c3nc4c(F)c(F)ccc4[nH]3)nc2c1F. The predicted molar refractivity (Wildman–Crippen MR) is 71.0 cm³/mol. The van der Waals surface area contributed by atoms with Crippen LogP contribution >= 0.6 is 0 Å². The number of aromatic amines is 2. The van der Waals surface area contributed by atoms with E-state index < -0.39 is 23.3 Å². The fourth-order valence-electron chi connectivity index (χ4n) is 2.26. The molecule has 8 heteroatoms. The van der Waals surface area contributed by atoms with Crippen molar-refractivity contribution in [1.29, 1.82) is 0 Å². The molecular weight excluding hydrogens is 300 g/mol. The number of fused-ring (bicyclic) bond motifs is 2. The Labute approximate surface area is 119 Å². The molecule has 0 saturated carbocycles. The predicted octanol–water partition coefficient (Wildman–Crippen LogP) is 3.66. The second kappa shape index (κ2) is 4.30. The largest absolute Gasteiger partial charge is 0.335 e. The van der Waals surface area contributed by atoms with Gasteiger partial charge in [0.2, 0.25) is 0 Å². The molecule has 0 saturated heterocycles. The van der Waals surface area contributed by atoms with E-state index in [1.54, 1.807) is 0 Å². The Balaban J connectivity index is 1.95. The van der Waals surface area contributed by atoms with Gasteiger partial charge in [-0.3, -0.25) is 0 Å². The number of hydrogen-bond acceptors (Lipinski definition) is 2. The lowest BCUT2D eigenvalue weighted by Crippen LogP contribution is -1.85. The van der Waals surface area contributed by atoms with Gasteiger partial charge in [0.15, 0.2) is 34.9 Å². The van der Waals surface area contributed by atoms with E-state index in [4.69, 9.17) is 0 Å². The van der Waals surface area contributed by atoms with Gasteiger partial charge >= 0.3 is 0 Å².